The van der Waals surface area contributed by atoms with Gasteiger partial charge < -0.3 is 0 Å². The van der Waals surface area contributed by atoms with E-state index in [-0.39, 0.29) is 48.7 Å². The van der Waals surface area contributed by atoms with Crippen LogP contribution < -0.4 is 0 Å². The van der Waals surface area contributed by atoms with Crippen molar-refractivity contribution in [2.24, 2.45) is 0 Å². The summed E-state index contributed by atoms with van der Waals surface area (Å²) in [5.74, 6) is 0. The van der Waals surface area contributed by atoms with Crippen LogP contribution in [0, 0.1) is 0 Å². The monoisotopic (exact) mass is 768 g/mol. The van der Waals surface area contributed by atoms with Gasteiger partial charge in [0.25, 0.3) is 0 Å². The molecule has 3 aromatic rings. The summed E-state index contributed by atoms with van der Waals surface area (Å²) in [6.45, 7) is 65.8. The second kappa shape index (κ2) is 14.4. The second-order valence-electron chi connectivity index (χ2n) is 26.3. The highest BCUT2D eigenvalue weighted by Gasteiger charge is 2.50. The zero-order valence-electron chi connectivity index (χ0n) is 41.4. The quantitative estimate of drug-likeness (QED) is 0.233. The van der Waals surface area contributed by atoms with Crippen LogP contribution in [0.5, 0.6) is 0 Å². The van der Waals surface area contributed by atoms with Crippen LogP contribution in [-0.4, -0.2) is 0 Å². The molecule has 0 aromatic heterocycles. The maximum atomic E-state index is 2.62. The lowest BCUT2D eigenvalue weighted by Crippen LogP contribution is -2.33. The molecule has 0 spiro atoms. The van der Waals surface area contributed by atoms with Crippen molar-refractivity contribution >= 4 is 10.9 Å². The van der Waals surface area contributed by atoms with Crippen molar-refractivity contribution in [1.29, 1.82) is 0 Å². The van der Waals surface area contributed by atoms with Crippen molar-refractivity contribution in [2.75, 3.05) is 0 Å². The van der Waals surface area contributed by atoms with Crippen molar-refractivity contribution in [3.63, 3.8) is 0 Å². The van der Waals surface area contributed by atoms with Crippen LogP contribution in [-0.2, 0) is 59.6 Å². The van der Waals surface area contributed by atoms with Gasteiger partial charge in [0.2, 0.25) is 0 Å². The van der Waals surface area contributed by atoms with Crippen molar-refractivity contribution in [3.8, 4) is 0 Å². The lowest BCUT2D eigenvalue weighted by molar-refractivity contribution is 0.520. The Hall–Kier alpha value is -1.99. The van der Waals surface area contributed by atoms with Crippen molar-refractivity contribution in [2.45, 2.75) is 250 Å². The Labute approximate surface area is 346 Å². The average Bonchev–Trinajstić information content (AvgIpc) is 2.92. The van der Waals surface area contributed by atoms with Gasteiger partial charge in [-0.3, -0.25) is 0 Å². The van der Waals surface area contributed by atoms with Crippen LogP contribution in [0.15, 0.2) is 51.1 Å². The molecule has 3 aromatic carbocycles. The zero-order valence-corrected chi connectivity index (χ0v) is 42.2. The first-order chi connectivity index (χ1) is 24.0. The van der Waals surface area contributed by atoms with E-state index >= 15 is 0 Å². The highest BCUT2D eigenvalue weighted by atomic mass is 32.2. The third-order valence-corrected chi connectivity index (χ3v) is 13.9. The summed E-state index contributed by atoms with van der Waals surface area (Å²) in [6, 6.07) is 15.7. The highest BCUT2D eigenvalue weighted by Crippen LogP contribution is 2.54. The minimum Gasteiger partial charge on any atom is -0.0561 e. The maximum absolute atomic E-state index is 2.62. The summed E-state index contributed by atoms with van der Waals surface area (Å²) in [4.78, 5) is 4.64. The zero-order chi connectivity index (χ0) is 43.2. The van der Waals surface area contributed by atoms with Crippen LogP contribution in [0.2, 0.25) is 0 Å². The Kier molecular flexibility index (Phi) is 12.4. The van der Waals surface area contributed by atoms with E-state index < -0.39 is 10.9 Å². The molecule has 0 atom stereocenters. The summed E-state index contributed by atoms with van der Waals surface area (Å²) in [5, 5.41) is 0. The molecule has 0 N–H and O–H groups in total. The number of benzene rings is 3. The Morgan fingerprint density at radius 1 is 0.218 bits per heavy atom. The molecule has 0 saturated carbocycles. The van der Waals surface area contributed by atoms with E-state index in [2.05, 4.69) is 223 Å². The molecule has 3 rings (SSSR count). The van der Waals surface area contributed by atoms with Gasteiger partial charge in [-0.25, -0.2) is 0 Å². The standard InChI is InChI=1S/C54H87S/c1-46(2,3)34-28-37(49(10,11)12)43(38(29-34)50(13,14)15)55(44-39(51(16,17)18)30-35(47(4,5)6)31-40(44)52(19,20)21)45-41(53(22,23)24)32-36(48(7,8)9)33-42(45)54(25,26)27/h28-33H,1-27H3/q+1. The van der Waals surface area contributed by atoms with Gasteiger partial charge in [0.05, 0.1) is 0 Å². The highest BCUT2D eigenvalue weighted by molar-refractivity contribution is 7.97. The molecule has 0 aliphatic carbocycles. The normalized spacial score (nSPS) is 14.6. The number of hydrogen-bond acceptors (Lipinski definition) is 0. The Bertz CT molecular complexity index is 1540. The van der Waals surface area contributed by atoms with Gasteiger partial charge in [0.15, 0.2) is 14.7 Å². The fourth-order valence-corrected chi connectivity index (χ4v) is 11.6. The van der Waals surface area contributed by atoms with E-state index in [1.807, 2.05) is 0 Å². The first-order valence-corrected chi connectivity index (χ1v) is 22.6. The molecule has 55 heavy (non-hydrogen) atoms. The van der Waals surface area contributed by atoms with Crippen molar-refractivity contribution < 1.29 is 0 Å². The summed E-state index contributed by atoms with van der Waals surface area (Å²) < 4.78 is 0. The Balaban J connectivity index is 3.14. The van der Waals surface area contributed by atoms with Gasteiger partial charge in [0, 0.05) is 33.4 Å². The van der Waals surface area contributed by atoms with Crippen LogP contribution in [0.25, 0.3) is 0 Å². The second-order valence-corrected chi connectivity index (χ2v) is 28.1. The number of rotatable bonds is 3. The van der Waals surface area contributed by atoms with Gasteiger partial charge in [-0.1, -0.05) is 187 Å². The minimum atomic E-state index is -0.468. The average molecular weight is 768 g/mol. The molecule has 0 heterocycles. The van der Waals surface area contributed by atoms with Gasteiger partial charge in [-0.05, 0) is 102 Å². The SMILES string of the molecule is CC(C)(C)c1cc(C(C)(C)C)c([S+](c2c(C(C)(C)C)cc(C(C)(C)C)cc2C(C)(C)C)c2c(C(C)(C)C)cc(C(C)(C)C)cc2C(C)(C)C)c(C(C)(C)C)c1. The van der Waals surface area contributed by atoms with Gasteiger partial charge >= 0.3 is 0 Å². The number of hydrogen-bond donors (Lipinski definition) is 0. The molecule has 0 saturated heterocycles. The molecule has 0 nitrogen and oxygen atoms in total. The molecule has 0 amide bonds. The van der Waals surface area contributed by atoms with Gasteiger partial charge in [-0.15, -0.1) is 0 Å². The van der Waals surface area contributed by atoms with Crippen molar-refractivity contribution in [1.82, 2.24) is 0 Å². The summed E-state index contributed by atoms with van der Waals surface area (Å²) in [5.41, 5.74) is 12.7. The van der Waals surface area contributed by atoms with Crippen LogP contribution in [0.3, 0.4) is 0 Å². The largest absolute Gasteiger partial charge is 0.174 e. The minimum absolute atomic E-state index is 0.0140. The predicted molar refractivity (Wildman–Crippen MR) is 250 cm³/mol. The lowest BCUT2D eigenvalue weighted by atomic mass is 9.75. The van der Waals surface area contributed by atoms with E-state index in [1.54, 1.807) is 14.7 Å². The van der Waals surface area contributed by atoms with Crippen LogP contribution >= 0.6 is 0 Å². The molecule has 0 aliphatic heterocycles. The molecule has 308 valence electrons. The van der Waals surface area contributed by atoms with E-state index in [9.17, 15) is 0 Å². The van der Waals surface area contributed by atoms with Gasteiger partial charge in [-0.2, -0.15) is 0 Å². The lowest BCUT2D eigenvalue weighted by Gasteiger charge is -2.38. The molecule has 0 unspecified atom stereocenters. The molecular formula is C54H87S+. The van der Waals surface area contributed by atoms with Crippen molar-refractivity contribution in [3.05, 3.63) is 86.5 Å². The van der Waals surface area contributed by atoms with Crippen LogP contribution in [0.4, 0.5) is 0 Å². The smallest absolute Gasteiger partial charge is 0.0561 e. The molecule has 0 aliphatic rings. The summed E-state index contributed by atoms with van der Waals surface area (Å²) in [7, 11) is -0.468. The van der Waals surface area contributed by atoms with Crippen LogP contribution in [0.1, 0.15) is 237 Å². The Morgan fingerprint density at radius 2 is 0.345 bits per heavy atom. The van der Waals surface area contributed by atoms with E-state index in [1.165, 1.54) is 50.1 Å². The summed E-state index contributed by atoms with van der Waals surface area (Å²) >= 11 is 0. The maximum Gasteiger partial charge on any atom is 0.174 e. The molecule has 0 bridgehead atoms. The summed E-state index contributed by atoms with van der Waals surface area (Å²) in [6.07, 6.45) is 0. The molecule has 0 radical (unpaired) electrons. The topological polar surface area (TPSA) is 0 Å². The molecule has 1 heteroatoms. The Morgan fingerprint density at radius 3 is 0.436 bits per heavy atom. The first kappa shape index (κ1) is 47.4. The predicted octanol–water partition coefficient (Wildman–Crippen LogP) is 16.5. The molecular weight excluding hydrogens is 681 g/mol. The third-order valence-electron chi connectivity index (χ3n) is 11.3. The van der Waals surface area contributed by atoms with E-state index in [4.69, 9.17) is 0 Å². The third kappa shape index (κ3) is 10.4. The fraction of sp³-hybridized carbons (Fsp3) is 0.667. The molecule has 0 fully saturated rings. The van der Waals surface area contributed by atoms with E-state index in [0.29, 0.717) is 0 Å². The van der Waals surface area contributed by atoms with Gasteiger partial charge in [0.1, 0.15) is 10.9 Å². The van der Waals surface area contributed by atoms with E-state index in [0.717, 1.165) is 0 Å². The first-order valence-electron chi connectivity index (χ1n) is 21.3. The fourth-order valence-electron chi connectivity index (χ4n) is 7.49.